The minimum atomic E-state index is -4.51. The molecule has 2 amide bonds. The molecule has 0 bridgehead atoms. The fourth-order valence-electron chi connectivity index (χ4n) is 3.01. The first kappa shape index (κ1) is 22.5. The second kappa shape index (κ2) is 9.58. The summed E-state index contributed by atoms with van der Waals surface area (Å²) in [7, 11) is 1.43. The molecule has 2 rings (SSSR count). The van der Waals surface area contributed by atoms with Crippen molar-refractivity contribution in [1.82, 2.24) is 10.2 Å². The van der Waals surface area contributed by atoms with Gasteiger partial charge in [-0.1, -0.05) is 62.4 Å². The number of carbonyl (C=O) groups excluding carboxylic acids is 2. The van der Waals surface area contributed by atoms with Crippen LogP contribution in [0.5, 0.6) is 0 Å². The number of likely N-dealkylation sites (N-methyl/N-ethyl adjacent to an activating group) is 1. The van der Waals surface area contributed by atoms with E-state index in [0.29, 0.717) is 5.56 Å². The zero-order chi connectivity index (χ0) is 21.6. The maximum absolute atomic E-state index is 13.3. The SMILES string of the molecule is CC(C)CC(=O)NC(C(=O)N(C)Cc1ccccc1C(F)(F)F)c1ccccc1. The van der Waals surface area contributed by atoms with Crippen LogP contribution >= 0.6 is 0 Å². The first-order chi connectivity index (χ1) is 13.6. The molecule has 4 nitrogen and oxygen atoms in total. The lowest BCUT2D eigenvalue weighted by atomic mass is 10.0. The van der Waals surface area contributed by atoms with Crippen LogP contribution in [0.1, 0.15) is 43.0 Å². The molecule has 2 aromatic carbocycles. The summed E-state index contributed by atoms with van der Waals surface area (Å²) in [4.78, 5) is 26.5. The van der Waals surface area contributed by atoms with Crippen LogP contribution in [0.15, 0.2) is 54.6 Å². The Hall–Kier alpha value is -2.83. The lowest BCUT2D eigenvalue weighted by molar-refractivity contribution is -0.140. The van der Waals surface area contributed by atoms with Crippen molar-refractivity contribution in [3.8, 4) is 0 Å². The van der Waals surface area contributed by atoms with Gasteiger partial charge in [0.1, 0.15) is 6.04 Å². The molecular weight excluding hydrogens is 381 g/mol. The Bertz CT molecular complexity index is 835. The highest BCUT2D eigenvalue weighted by molar-refractivity contribution is 5.88. The van der Waals surface area contributed by atoms with Crippen molar-refractivity contribution in [3.63, 3.8) is 0 Å². The van der Waals surface area contributed by atoms with Crippen molar-refractivity contribution in [1.29, 1.82) is 0 Å². The van der Waals surface area contributed by atoms with E-state index in [0.717, 1.165) is 6.07 Å². The maximum atomic E-state index is 13.3. The molecule has 1 N–H and O–H groups in total. The fraction of sp³-hybridized carbons (Fsp3) is 0.364. The zero-order valence-corrected chi connectivity index (χ0v) is 16.7. The standard InChI is InChI=1S/C22H25F3N2O2/c1-15(2)13-19(28)26-20(16-9-5-4-6-10-16)21(29)27(3)14-17-11-7-8-12-18(17)22(23,24)25/h4-12,15,20H,13-14H2,1-3H3,(H,26,28). The van der Waals surface area contributed by atoms with Gasteiger partial charge in [0.2, 0.25) is 11.8 Å². The number of hydrogen-bond donors (Lipinski definition) is 1. The van der Waals surface area contributed by atoms with Crippen molar-refractivity contribution >= 4 is 11.8 Å². The van der Waals surface area contributed by atoms with E-state index in [1.165, 1.54) is 30.1 Å². The van der Waals surface area contributed by atoms with Gasteiger partial charge < -0.3 is 10.2 Å². The van der Waals surface area contributed by atoms with Crippen molar-refractivity contribution in [2.24, 2.45) is 5.92 Å². The summed E-state index contributed by atoms with van der Waals surface area (Å²) in [5.41, 5.74) is -0.207. The van der Waals surface area contributed by atoms with E-state index in [-0.39, 0.29) is 30.4 Å². The number of halogens is 3. The largest absolute Gasteiger partial charge is 0.416 e. The molecule has 7 heteroatoms. The number of nitrogens with zero attached hydrogens (tertiary/aromatic N) is 1. The van der Waals surface area contributed by atoms with Crippen molar-refractivity contribution in [2.45, 2.75) is 39.0 Å². The van der Waals surface area contributed by atoms with E-state index in [2.05, 4.69) is 5.32 Å². The summed E-state index contributed by atoms with van der Waals surface area (Å²) in [6.45, 7) is 3.55. The quantitative estimate of drug-likeness (QED) is 0.732. The molecule has 1 atom stereocenters. The Kier molecular flexibility index (Phi) is 7.42. The third-order valence-corrected chi connectivity index (χ3v) is 4.39. The van der Waals surface area contributed by atoms with Gasteiger partial charge in [0.15, 0.2) is 0 Å². The molecule has 0 saturated heterocycles. The second-order valence-corrected chi connectivity index (χ2v) is 7.36. The van der Waals surface area contributed by atoms with E-state index in [1.54, 1.807) is 30.3 Å². The number of alkyl halides is 3. The minimum absolute atomic E-state index is 0.00355. The molecule has 0 heterocycles. The van der Waals surface area contributed by atoms with Crippen LogP contribution in [0.2, 0.25) is 0 Å². The fourth-order valence-corrected chi connectivity index (χ4v) is 3.01. The van der Waals surface area contributed by atoms with Crippen molar-refractivity contribution in [3.05, 3.63) is 71.3 Å². The van der Waals surface area contributed by atoms with E-state index in [4.69, 9.17) is 0 Å². The normalized spacial score (nSPS) is 12.5. The lowest BCUT2D eigenvalue weighted by Crippen LogP contribution is -2.41. The molecule has 29 heavy (non-hydrogen) atoms. The Morgan fingerprint density at radius 1 is 1.00 bits per heavy atom. The van der Waals surface area contributed by atoms with Gasteiger partial charge in [-0.05, 0) is 23.1 Å². The number of benzene rings is 2. The van der Waals surface area contributed by atoms with Crippen LogP contribution in [0, 0.1) is 5.92 Å². The van der Waals surface area contributed by atoms with Crippen molar-refractivity contribution in [2.75, 3.05) is 7.05 Å². The Morgan fingerprint density at radius 2 is 1.59 bits per heavy atom. The van der Waals surface area contributed by atoms with E-state index in [9.17, 15) is 22.8 Å². The van der Waals surface area contributed by atoms with Gasteiger partial charge in [0.25, 0.3) is 0 Å². The Morgan fingerprint density at radius 3 is 2.17 bits per heavy atom. The highest BCUT2D eigenvalue weighted by Crippen LogP contribution is 2.32. The van der Waals surface area contributed by atoms with E-state index < -0.39 is 23.7 Å². The van der Waals surface area contributed by atoms with Crippen LogP contribution in [-0.4, -0.2) is 23.8 Å². The highest BCUT2D eigenvalue weighted by atomic mass is 19.4. The van der Waals surface area contributed by atoms with Crippen LogP contribution in [0.4, 0.5) is 13.2 Å². The van der Waals surface area contributed by atoms with Gasteiger partial charge in [-0.25, -0.2) is 0 Å². The number of carbonyl (C=O) groups is 2. The van der Waals surface area contributed by atoms with Gasteiger partial charge >= 0.3 is 6.18 Å². The average Bonchev–Trinajstić information content (AvgIpc) is 2.65. The summed E-state index contributed by atoms with van der Waals surface area (Å²) in [5.74, 6) is -0.658. The Labute approximate surface area is 168 Å². The number of nitrogens with one attached hydrogen (secondary N) is 1. The predicted molar refractivity (Wildman–Crippen MR) is 105 cm³/mol. The van der Waals surface area contributed by atoms with Gasteiger partial charge in [-0.2, -0.15) is 13.2 Å². The first-order valence-corrected chi connectivity index (χ1v) is 9.34. The summed E-state index contributed by atoms with van der Waals surface area (Å²) < 4.78 is 39.8. The van der Waals surface area contributed by atoms with Crippen LogP contribution in [0.25, 0.3) is 0 Å². The van der Waals surface area contributed by atoms with Gasteiger partial charge in [0.05, 0.1) is 5.56 Å². The highest BCUT2D eigenvalue weighted by Gasteiger charge is 2.34. The zero-order valence-electron chi connectivity index (χ0n) is 16.7. The predicted octanol–water partition coefficient (Wildman–Crippen LogP) is 4.57. The molecule has 0 saturated carbocycles. The summed E-state index contributed by atoms with van der Waals surface area (Å²) in [6.07, 6.45) is -4.26. The van der Waals surface area contributed by atoms with E-state index >= 15 is 0 Å². The molecule has 0 aliphatic rings. The monoisotopic (exact) mass is 406 g/mol. The lowest BCUT2D eigenvalue weighted by Gasteiger charge is -2.26. The molecule has 0 radical (unpaired) electrons. The molecule has 156 valence electrons. The van der Waals surface area contributed by atoms with Gasteiger partial charge in [-0.15, -0.1) is 0 Å². The molecule has 0 aromatic heterocycles. The molecule has 1 unspecified atom stereocenters. The Balaban J connectivity index is 2.26. The summed E-state index contributed by atoms with van der Waals surface area (Å²) in [6, 6.07) is 12.9. The molecule has 2 aromatic rings. The molecule has 0 fully saturated rings. The molecular formula is C22H25F3N2O2. The third-order valence-electron chi connectivity index (χ3n) is 4.39. The summed E-state index contributed by atoms with van der Waals surface area (Å²) >= 11 is 0. The van der Waals surface area contributed by atoms with Gasteiger partial charge in [0, 0.05) is 20.0 Å². The van der Waals surface area contributed by atoms with Crippen LogP contribution < -0.4 is 5.32 Å². The smallest absolute Gasteiger partial charge is 0.341 e. The maximum Gasteiger partial charge on any atom is 0.416 e. The van der Waals surface area contributed by atoms with Crippen molar-refractivity contribution < 1.29 is 22.8 Å². The topological polar surface area (TPSA) is 49.4 Å². The van der Waals surface area contributed by atoms with Crippen LogP contribution in [0.3, 0.4) is 0 Å². The third kappa shape index (κ3) is 6.34. The average molecular weight is 406 g/mol. The minimum Gasteiger partial charge on any atom is -0.341 e. The number of amides is 2. The number of rotatable bonds is 7. The summed E-state index contributed by atoms with van der Waals surface area (Å²) in [5, 5.41) is 2.72. The number of hydrogen-bond acceptors (Lipinski definition) is 2. The van der Waals surface area contributed by atoms with Crippen LogP contribution in [-0.2, 0) is 22.3 Å². The molecule has 0 spiro atoms. The van der Waals surface area contributed by atoms with Gasteiger partial charge in [-0.3, -0.25) is 9.59 Å². The second-order valence-electron chi connectivity index (χ2n) is 7.36. The first-order valence-electron chi connectivity index (χ1n) is 9.34. The molecule has 0 aliphatic heterocycles. The molecule has 0 aliphatic carbocycles. The van der Waals surface area contributed by atoms with E-state index in [1.807, 2.05) is 13.8 Å².